The van der Waals surface area contributed by atoms with Crippen LogP contribution in [0.2, 0.25) is 0 Å². The van der Waals surface area contributed by atoms with Crippen LogP contribution in [0.4, 0.5) is 10.5 Å². The molecule has 1 fully saturated rings. The first kappa shape index (κ1) is 18.6. The number of para-hydroxylation sites is 1. The van der Waals surface area contributed by atoms with Crippen molar-refractivity contribution in [1.82, 2.24) is 10.2 Å². The fourth-order valence-electron chi connectivity index (χ4n) is 3.31. The van der Waals surface area contributed by atoms with E-state index in [2.05, 4.69) is 10.6 Å². The molecule has 1 heterocycles. The number of nitrogens with one attached hydrogen (secondary N) is 2. The maximum Gasteiger partial charge on any atom is 0.325 e. The molecular formula is C21H23N3O3. The summed E-state index contributed by atoms with van der Waals surface area (Å²) >= 11 is 0. The van der Waals surface area contributed by atoms with Crippen molar-refractivity contribution in [3.05, 3.63) is 66.2 Å². The summed E-state index contributed by atoms with van der Waals surface area (Å²) in [6.45, 7) is 1.71. The average molecular weight is 365 g/mol. The largest absolute Gasteiger partial charge is 0.325 e. The molecule has 1 atom stereocenters. The predicted octanol–water partition coefficient (Wildman–Crippen LogP) is 3.26. The van der Waals surface area contributed by atoms with E-state index in [0.717, 1.165) is 23.3 Å². The first-order valence-corrected chi connectivity index (χ1v) is 9.11. The highest BCUT2D eigenvalue weighted by Crippen LogP contribution is 2.34. The molecule has 1 aliphatic heterocycles. The third-order valence-corrected chi connectivity index (χ3v) is 4.71. The number of hydrogen-bond acceptors (Lipinski definition) is 3. The Bertz CT molecular complexity index is 823. The van der Waals surface area contributed by atoms with E-state index >= 15 is 0 Å². The third-order valence-electron chi connectivity index (χ3n) is 4.71. The SMILES string of the molecule is CCCCC1(c2ccccc2)NC(=O)N(CC(=O)Nc2ccccc2)C1=O. The zero-order valence-corrected chi connectivity index (χ0v) is 15.3. The van der Waals surface area contributed by atoms with Crippen LogP contribution in [-0.4, -0.2) is 29.3 Å². The van der Waals surface area contributed by atoms with Crippen molar-refractivity contribution < 1.29 is 14.4 Å². The van der Waals surface area contributed by atoms with Gasteiger partial charge in [-0.15, -0.1) is 0 Å². The van der Waals surface area contributed by atoms with E-state index in [9.17, 15) is 14.4 Å². The summed E-state index contributed by atoms with van der Waals surface area (Å²) in [5, 5.41) is 5.55. The van der Waals surface area contributed by atoms with Crippen molar-refractivity contribution in [3.63, 3.8) is 0 Å². The molecule has 1 aliphatic rings. The number of imide groups is 1. The Morgan fingerprint density at radius 2 is 1.67 bits per heavy atom. The number of unbranched alkanes of at least 4 members (excludes halogenated alkanes) is 1. The summed E-state index contributed by atoms with van der Waals surface area (Å²) in [7, 11) is 0. The average Bonchev–Trinajstić information content (AvgIpc) is 2.93. The van der Waals surface area contributed by atoms with E-state index in [4.69, 9.17) is 0 Å². The molecule has 0 saturated carbocycles. The van der Waals surface area contributed by atoms with Gasteiger partial charge in [0.1, 0.15) is 12.1 Å². The quantitative estimate of drug-likeness (QED) is 0.739. The van der Waals surface area contributed by atoms with Gasteiger partial charge in [0.2, 0.25) is 5.91 Å². The van der Waals surface area contributed by atoms with Crippen LogP contribution >= 0.6 is 0 Å². The number of carbonyl (C=O) groups is 3. The van der Waals surface area contributed by atoms with Crippen molar-refractivity contribution in [2.45, 2.75) is 31.7 Å². The first-order chi connectivity index (χ1) is 13.1. The van der Waals surface area contributed by atoms with E-state index in [1.807, 2.05) is 43.3 Å². The van der Waals surface area contributed by atoms with Gasteiger partial charge in [-0.1, -0.05) is 68.3 Å². The Balaban J connectivity index is 1.80. The Kier molecular flexibility index (Phi) is 5.54. The lowest BCUT2D eigenvalue weighted by molar-refractivity contribution is -0.134. The Hall–Kier alpha value is -3.15. The molecule has 6 heteroatoms. The van der Waals surface area contributed by atoms with E-state index in [0.29, 0.717) is 12.1 Å². The van der Waals surface area contributed by atoms with Crippen LogP contribution in [0.3, 0.4) is 0 Å². The molecule has 3 rings (SSSR count). The van der Waals surface area contributed by atoms with Gasteiger partial charge in [0.15, 0.2) is 0 Å². The molecule has 6 nitrogen and oxygen atoms in total. The number of anilines is 1. The van der Waals surface area contributed by atoms with E-state index in [1.54, 1.807) is 24.3 Å². The van der Waals surface area contributed by atoms with Crippen LogP contribution in [0.15, 0.2) is 60.7 Å². The molecule has 0 aromatic heterocycles. The predicted molar refractivity (Wildman–Crippen MR) is 103 cm³/mol. The summed E-state index contributed by atoms with van der Waals surface area (Å²) in [5.74, 6) is -0.792. The second kappa shape index (κ2) is 8.03. The van der Waals surface area contributed by atoms with Gasteiger partial charge in [0.05, 0.1) is 0 Å². The van der Waals surface area contributed by atoms with Crippen molar-refractivity contribution in [3.8, 4) is 0 Å². The van der Waals surface area contributed by atoms with Crippen LogP contribution in [0, 0.1) is 0 Å². The van der Waals surface area contributed by atoms with E-state index in [-0.39, 0.29) is 12.5 Å². The van der Waals surface area contributed by atoms with Gasteiger partial charge < -0.3 is 10.6 Å². The molecule has 1 unspecified atom stereocenters. The maximum atomic E-state index is 13.2. The van der Waals surface area contributed by atoms with Crippen molar-refractivity contribution in [2.75, 3.05) is 11.9 Å². The minimum atomic E-state index is -1.11. The number of rotatable bonds is 7. The number of nitrogens with zero attached hydrogens (tertiary/aromatic N) is 1. The zero-order chi connectivity index (χ0) is 19.3. The first-order valence-electron chi connectivity index (χ1n) is 9.11. The lowest BCUT2D eigenvalue weighted by Crippen LogP contribution is -2.44. The number of amides is 4. The standard InChI is InChI=1S/C21H23N3O3/c1-2-3-14-21(16-10-6-4-7-11-16)19(26)24(20(27)23-21)15-18(25)22-17-12-8-5-9-13-17/h4-13H,2-3,14-15H2,1H3,(H,22,25)(H,23,27). The summed E-state index contributed by atoms with van der Waals surface area (Å²) in [6.07, 6.45) is 2.17. The topological polar surface area (TPSA) is 78.5 Å². The van der Waals surface area contributed by atoms with Gasteiger partial charge in [-0.3, -0.25) is 14.5 Å². The second-order valence-electron chi connectivity index (χ2n) is 6.61. The number of urea groups is 1. The Labute approximate surface area is 158 Å². The summed E-state index contributed by atoms with van der Waals surface area (Å²) in [5.41, 5.74) is 0.249. The maximum absolute atomic E-state index is 13.2. The molecule has 4 amide bonds. The van der Waals surface area contributed by atoms with Crippen LogP contribution in [-0.2, 0) is 15.1 Å². The minimum absolute atomic E-state index is 0.319. The molecule has 0 bridgehead atoms. The molecule has 2 N–H and O–H groups in total. The van der Waals surface area contributed by atoms with Crippen LogP contribution in [0.25, 0.3) is 0 Å². The van der Waals surface area contributed by atoms with Crippen LogP contribution < -0.4 is 10.6 Å². The number of hydrogen-bond donors (Lipinski definition) is 2. The van der Waals surface area contributed by atoms with Gasteiger partial charge in [-0.25, -0.2) is 4.79 Å². The van der Waals surface area contributed by atoms with Gasteiger partial charge in [0.25, 0.3) is 5.91 Å². The molecular weight excluding hydrogens is 342 g/mol. The smallest absolute Gasteiger partial charge is 0.325 e. The van der Waals surface area contributed by atoms with Crippen molar-refractivity contribution >= 4 is 23.5 Å². The fourth-order valence-corrected chi connectivity index (χ4v) is 3.31. The normalized spacial score (nSPS) is 19.1. The highest BCUT2D eigenvalue weighted by atomic mass is 16.2. The Morgan fingerprint density at radius 3 is 2.30 bits per heavy atom. The molecule has 140 valence electrons. The van der Waals surface area contributed by atoms with Crippen molar-refractivity contribution in [1.29, 1.82) is 0 Å². The monoisotopic (exact) mass is 365 g/mol. The van der Waals surface area contributed by atoms with E-state index < -0.39 is 17.5 Å². The lowest BCUT2D eigenvalue weighted by Gasteiger charge is -2.27. The molecule has 0 aliphatic carbocycles. The molecule has 0 radical (unpaired) electrons. The Morgan fingerprint density at radius 1 is 1.04 bits per heavy atom. The summed E-state index contributed by atoms with van der Waals surface area (Å²) < 4.78 is 0. The molecule has 2 aromatic carbocycles. The zero-order valence-electron chi connectivity index (χ0n) is 15.3. The van der Waals surface area contributed by atoms with Gasteiger partial charge in [0, 0.05) is 5.69 Å². The fraction of sp³-hybridized carbons (Fsp3) is 0.286. The van der Waals surface area contributed by atoms with Crippen LogP contribution in [0.1, 0.15) is 31.7 Å². The number of carbonyl (C=O) groups excluding carboxylic acids is 3. The highest BCUT2D eigenvalue weighted by molar-refractivity contribution is 6.10. The molecule has 1 saturated heterocycles. The van der Waals surface area contributed by atoms with Crippen molar-refractivity contribution in [2.24, 2.45) is 0 Å². The van der Waals surface area contributed by atoms with Gasteiger partial charge in [-0.2, -0.15) is 0 Å². The molecule has 27 heavy (non-hydrogen) atoms. The van der Waals surface area contributed by atoms with Crippen LogP contribution in [0.5, 0.6) is 0 Å². The highest BCUT2D eigenvalue weighted by Gasteiger charge is 2.52. The van der Waals surface area contributed by atoms with Gasteiger partial charge >= 0.3 is 6.03 Å². The molecule has 2 aromatic rings. The summed E-state index contributed by atoms with van der Waals surface area (Å²) in [6, 6.07) is 17.6. The second-order valence-corrected chi connectivity index (χ2v) is 6.61. The lowest BCUT2D eigenvalue weighted by atomic mass is 9.85. The number of benzene rings is 2. The van der Waals surface area contributed by atoms with Gasteiger partial charge in [-0.05, 0) is 24.1 Å². The van der Waals surface area contributed by atoms with E-state index in [1.165, 1.54) is 0 Å². The summed E-state index contributed by atoms with van der Waals surface area (Å²) in [4.78, 5) is 39.1. The minimum Gasteiger partial charge on any atom is -0.325 e. The third kappa shape index (κ3) is 3.84. The molecule has 0 spiro atoms.